The first-order valence-electron chi connectivity index (χ1n) is 7.62. The Bertz CT molecular complexity index is 534. The van der Waals surface area contributed by atoms with Crippen LogP contribution in [0.2, 0.25) is 0 Å². The van der Waals surface area contributed by atoms with Crippen molar-refractivity contribution in [1.29, 1.82) is 0 Å². The van der Waals surface area contributed by atoms with Crippen LogP contribution in [-0.2, 0) is 4.74 Å². The lowest BCUT2D eigenvalue weighted by molar-refractivity contribution is 0.0271. The fraction of sp³-hybridized carbons (Fsp3) is 0.316. The predicted molar refractivity (Wildman–Crippen MR) is 85.2 cm³/mol. The summed E-state index contributed by atoms with van der Waals surface area (Å²) in [6.07, 6.45) is 4.10. The monoisotopic (exact) mass is 282 g/mol. The fourth-order valence-electron chi connectivity index (χ4n) is 2.31. The lowest BCUT2D eigenvalue weighted by Crippen LogP contribution is -2.12. The number of ether oxygens (including phenoxy) is 1. The summed E-state index contributed by atoms with van der Waals surface area (Å²) < 4.78 is 5.73. The van der Waals surface area contributed by atoms with Crippen molar-refractivity contribution in [3.8, 4) is 0 Å². The van der Waals surface area contributed by atoms with Gasteiger partial charge in [-0.05, 0) is 30.5 Å². The van der Waals surface area contributed by atoms with Gasteiger partial charge in [-0.3, -0.25) is 0 Å². The van der Waals surface area contributed by atoms with Crippen LogP contribution in [0.3, 0.4) is 0 Å². The summed E-state index contributed by atoms with van der Waals surface area (Å²) in [4.78, 5) is 12.2. The first-order chi connectivity index (χ1) is 10.3. The van der Waals surface area contributed by atoms with Crippen LogP contribution in [-0.4, -0.2) is 5.97 Å². The smallest absolute Gasteiger partial charge is 0.338 e. The summed E-state index contributed by atoms with van der Waals surface area (Å²) in [5.74, 6) is -0.249. The van der Waals surface area contributed by atoms with Crippen molar-refractivity contribution in [1.82, 2.24) is 0 Å². The molecule has 0 aliphatic rings. The number of carbonyl (C=O) groups is 1. The SMILES string of the molecule is CCCCC[C@H](OC(=O)c1ccccc1)c1ccccc1. The maximum absolute atomic E-state index is 12.2. The second kappa shape index (κ2) is 8.25. The Morgan fingerprint density at radius 3 is 2.19 bits per heavy atom. The lowest BCUT2D eigenvalue weighted by Gasteiger charge is -2.18. The van der Waals surface area contributed by atoms with Crippen molar-refractivity contribution in [2.24, 2.45) is 0 Å². The minimum atomic E-state index is -0.249. The molecule has 0 saturated carbocycles. The second-order valence-electron chi connectivity index (χ2n) is 5.17. The van der Waals surface area contributed by atoms with Gasteiger partial charge < -0.3 is 4.74 Å². The molecule has 0 aliphatic carbocycles. The van der Waals surface area contributed by atoms with Gasteiger partial charge in [-0.1, -0.05) is 68.3 Å². The second-order valence-corrected chi connectivity index (χ2v) is 5.17. The fourth-order valence-corrected chi connectivity index (χ4v) is 2.31. The standard InChI is InChI=1S/C19H22O2/c1-2-3-6-15-18(16-11-7-4-8-12-16)21-19(20)17-13-9-5-10-14-17/h4-5,7-14,18H,2-3,6,15H2,1H3/t18-/m0/s1. The molecular weight excluding hydrogens is 260 g/mol. The van der Waals surface area contributed by atoms with E-state index in [1.165, 1.54) is 0 Å². The summed E-state index contributed by atoms with van der Waals surface area (Å²) in [5, 5.41) is 0. The van der Waals surface area contributed by atoms with Crippen LogP contribution in [0.1, 0.15) is 54.6 Å². The van der Waals surface area contributed by atoms with Gasteiger partial charge in [-0.15, -0.1) is 0 Å². The van der Waals surface area contributed by atoms with Gasteiger partial charge in [0.1, 0.15) is 6.10 Å². The highest BCUT2D eigenvalue weighted by atomic mass is 16.5. The molecule has 1 atom stereocenters. The van der Waals surface area contributed by atoms with Crippen molar-refractivity contribution in [3.63, 3.8) is 0 Å². The molecule has 0 bridgehead atoms. The molecule has 0 saturated heterocycles. The Balaban J connectivity index is 2.07. The van der Waals surface area contributed by atoms with E-state index in [0.717, 1.165) is 31.2 Å². The summed E-state index contributed by atoms with van der Waals surface area (Å²) in [7, 11) is 0. The third-order valence-corrected chi connectivity index (χ3v) is 3.50. The van der Waals surface area contributed by atoms with Crippen LogP contribution in [0.15, 0.2) is 60.7 Å². The molecule has 0 aliphatic heterocycles. The van der Waals surface area contributed by atoms with E-state index in [2.05, 4.69) is 6.92 Å². The predicted octanol–water partition coefficient (Wildman–Crippen LogP) is 5.17. The molecule has 0 aromatic heterocycles. The maximum atomic E-state index is 12.2. The van der Waals surface area contributed by atoms with Gasteiger partial charge >= 0.3 is 5.97 Å². The normalized spacial score (nSPS) is 11.9. The summed E-state index contributed by atoms with van der Waals surface area (Å²) in [6.45, 7) is 2.17. The van der Waals surface area contributed by atoms with E-state index >= 15 is 0 Å². The Labute approximate surface area is 126 Å². The maximum Gasteiger partial charge on any atom is 0.338 e. The van der Waals surface area contributed by atoms with Gasteiger partial charge in [0.05, 0.1) is 5.56 Å². The highest BCUT2D eigenvalue weighted by Gasteiger charge is 2.17. The zero-order chi connectivity index (χ0) is 14.9. The number of esters is 1. The molecule has 110 valence electrons. The molecule has 21 heavy (non-hydrogen) atoms. The van der Waals surface area contributed by atoms with Crippen LogP contribution in [0.5, 0.6) is 0 Å². The third kappa shape index (κ3) is 4.75. The molecule has 0 spiro atoms. The van der Waals surface area contributed by atoms with E-state index in [9.17, 15) is 4.79 Å². The molecule has 0 amide bonds. The zero-order valence-electron chi connectivity index (χ0n) is 12.5. The van der Waals surface area contributed by atoms with Crippen molar-refractivity contribution in [2.75, 3.05) is 0 Å². The summed E-state index contributed by atoms with van der Waals surface area (Å²) in [6, 6.07) is 19.2. The highest BCUT2D eigenvalue weighted by Crippen LogP contribution is 2.25. The summed E-state index contributed by atoms with van der Waals surface area (Å²) >= 11 is 0. The molecule has 0 radical (unpaired) electrons. The number of rotatable bonds is 7. The molecule has 2 nitrogen and oxygen atoms in total. The Morgan fingerprint density at radius 2 is 1.57 bits per heavy atom. The van der Waals surface area contributed by atoms with E-state index in [-0.39, 0.29) is 12.1 Å². The molecule has 2 rings (SSSR count). The Hall–Kier alpha value is -2.09. The molecule has 2 aromatic carbocycles. The molecule has 0 heterocycles. The number of hydrogen-bond acceptors (Lipinski definition) is 2. The first-order valence-corrected chi connectivity index (χ1v) is 7.62. The van der Waals surface area contributed by atoms with E-state index < -0.39 is 0 Å². The van der Waals surface area contributed by atoms with Crippen LogP contribution in [0, 0.1) is 0 Å². The van der Waals surface area contributed by atoms with Gasteiger partial charge in [0.15, 0.2) is 0 Å². The molecule has 2 heteroatoms. The van der Waals surface area contributed by atoms with Crippen molar-refractivity contribution in [3.05, 3.63) is 71.8 Å². The van der Waals surface area contributed by atoms with Gasteiger partial charge in [-0.2, -0.15) is 0 Å². The number of unbranched alkanes of at least 4 members (excludes halogenated alkanes) is 2. The largest absolute Gasteiger partial charge is 0.454 e. The molecule has 0 fully saturated rings. The van der Waals surface area contributed by atoms with E-state index in [1.54, 1.807) is 12.1 Å². The number of carbonyl (C=O) groups excluding carboxylic acids is 1. The highest BCUT2D eigenvalue weighted by molar-refractivity contribution is 5.89. The first kappa shape index (κ1) is 15.3. The van der Waals surface area contributed by atoms with E-state index in [4.69, 9.17) is 4.74 Å². The van der Waals surface area contributed by atoms with Crippen LogP contribution in [0.4, 0.5) is 0 Å². The zero-order valence-corrected chi connectivity index (χ0v) is 12.5. The third-order valence-electron chi connectivity index (χ3n) is 3.50. The van der Waals surface area contributed by atoms with Crippen LogP contribution in [0.25, 0.3) is 0 Å². The van der Waals surface area contributed by atoms with Crippen molar-refractivity contribution < 1.29 is 9.53 Å². The quantitative estimate of drug-likeness (QED) is 0.517. The molecule has 0 unspecified atom stereocenters. The van der Waals surface area contributed by atoms with Gasteiger partial charge in [-0.25, -0.2) is 4.79 Å². The number of hydrogen-bond donors (Lipinski definition) is 0. The molecule has 2 aromatic rings. The molecular formula is C19H22O2. The van der Waals surface area contributed by atoms with Gasteiger partial charge in [0, 0.05) is 0 Å². The average Bonchev–Trinajstić information content (AvgIpc) is 2.55. The van der Waals surface area contributed by atoms with Crippen molar-refractivity contribution >= 4 is 5.97 Å². The van der Waals surface area contributed by atoms with Gasteiger partial charge in [0.2, 0.25) is 0 Å². The Morgan fingerprint density at radius 1 is 0.952 bits per heavy atom. The van der Waals surface area contributed by atoms with Crippen LogP contribution < -0.4 is 0 Å². The van der Waals surface area contributed by atoms with E-state index in [0.29, 0.717) is 5.56 Å². The Kier molecular flexibility index (Phi) is 6.01. The van der Waals surface area contributed by atoms with Crippen LogP contribution >= 0.6 is 0 Å². The number of benzene rings is 2. The topological polar surface area (TPSA) is 26.3 Å². The minimum absolute atomic E-state index is 0.162. The summed E-state index contributed by atoms with van der Waals surface area (Å²) in [5.41, 5.74) is 1.67. The molecule has 0 N–H and O–H groups in total. The average molecular weight is 282 g/mol. The lowest BCUT2D eigenvalue weighted by atomic mass is 10.0. The van der Waals surface area contributed by atoms with E-state index in [1.807, 2.05) is 48.5 Å². The van der Waals surface area contributed by atoms with Gasteiger partial charge in [0.25, 0.3) is 0 Å². The van der Waals surface area contributed by atoms with Crippen molar-refractivity contribution in [2.45, 2.75) is 38.7 Å². The minimum Gasteiger partial charge on any atom is -0.454 e.